The van der Waals surface area contributed by atoms with Crippen molar-refractivity contribution in [1.82, 2.24) is 5.32 Å². The molecule has 0 aliphatic carbocycles. The normalized spacial score (nSPS) is 10.8. The van der Waals surface area contributed by atoms with Gasteiger partial charge in [-0.1, -0.05) is 36.4 Å². The van der Waals surface area contributed by atoms with Crippen LogP contribution in [0.4, 0.5) is 0 Å². The number of hydrogen-bond acceptors (Lipinski definition) is 2. The first-order valence-corrected chi connectivity index (χ1v) is 7.12. The second-order valence-electron chi connectivity index (χ2n) is 5.34. The number of para-hydroxylation sites is 1. The van der Waals surface area contributed by atoms with Gasteiger partial charge in [0.15, 0.2) is 0 Å². The molecule has 0 fully saturated rings. The van der Waals surface area contributed by atoms with E-state index in [1.807, 2.05) is 19.2 Å². The Morgan fingerprint density at radius 2 is 1.80 bits per heavy atom. The largest absolute Gasteiger partial charge is 0.490 e. The van der Waals surface area contributed by atoms with Crippen molar-refractivity contribution < 1.29 is 4.74 Å². The van der Waals surface area contributed by atoms with Crippen molar-refractivity contribution >= 4 is 0 Å². The Labute approximate surface area is 121 Å². The lowest BCUT2D eigenvalue weighted by Crippen LogP contribution is -2.07. The Morgan fingerprint density at radius 1 is 1.05 bits per heavy atom. The van der Waals surface area contributed by atoms with Gasteiger partial charge in [-0.15, -0.1) is 0 Å². The average molecular weight is 269 g/mol. The first kappa shape index (κ1) is 14.6. The van der Waals surface area contributed by atoms with Gasteiger partial charge in [-0.05, 0) is 50.6 Å². The van der Waals surface area contributed by atoms with Gasteiger partial charge in [0, 0.05) is 12.1 Å². The quantitative estimate of drug-likeness (QED) is 0.879. The van der Waals surface area contributed by atoms with Gasteiger partial charge >= 0.3 is 0 Å². The van der Waals surface area contributed by atoms with E-state index in [4.69, 9.17) is 4.74 Å². The van der Waals surface area contributed by atoms with Crippen molar-refractivity contribution in [3.05, 3.63) is 53.6 Å². The molecule has 0 spiro atoms. The molecule has 20 heavy (non-hydrogen) atoms. The molecule has 0 saturated carbocycles. The van der Waals surface area contributed by atoms with Crippen LogP contribution in [0.5, 0.6) is 5.75 Å². The number of ether oxygens (including phenoxy) is 1. The van der Waals surface area contributed by atoms with Crippen molar-refractivity contribution in [2.45, 2.75) is 33.4 Å². The van der Waals surface area contributed by atoms with E-state index in [-0.39, 0.29) is 6.10 Å². The highest BCUT2D eigenvalue weighted by atomic mass is 16.5. The molecule has 0 atom stereocenters. The van der Waals surface area contributed by atoms with Crippen molar-refractivity contribution in [2.24, 2.45) is 0 Å². The third kappa shape index (κ3) is 3.40. The standard InChI is InChI=1S/C18H23NO/c1-13(2)20-18-8-6-5-7-17(18)16-10-9-15(12-19-4)11-14(16)3/h5-11,13,19H,12H2,1-4H3. The van der Waals surface area contributed by atoms with E-state index in [0.29, 0.717) is 0 Å². The molecule has 2 aromatic carbocycles. The van der Waals surface area contributed by atoms with Gasteiger partial charge in [0.1, 0.15) is 5.75 Å². The molecule has 1 N–H and O–H groups in total. The Morgan fingerprint density at radius 3 is 2.45 bits per heavy atom. The van der Waals surface area contributed by atoms with E-state index in [0.717, 1.165) is 17.9 Å². The molecule has 2 nitrogen and oxygen atoms in total. The zero-order chi connectivity index (χ0) is 14.5. The molecule has 0 unspecified atom stereocenters. The van der Waals surface area contributed by atoms with Crippen molar-refractivity contribution in [1.29, 1.82) is 0 Å². The monoisotopic (exact) mass is 269 g/mol. The molecule has 0 heterocycles. The van der Waals surface area contributed by atoms with Crippen LogP contribution >= 0.6 is 0 Å². The second kappa shape index (κ2) is 6.58. The first-order valence-electron chi connectivity index (χ1n) is 7.12. The van der Waals surface area contributed by atoms with E-state index in [1.165, 1.54) is 16.7 Å². The summed E-state index contributed by atoms with van der Waals surface area (Å²) >= 11 is 0. The molecule has 0 bridgehead atoms. The molecule has 0 aromatic heterocycles. The van der Waals surface area contributed by atoms with Crippen molar-refractivity contribution in [3.63, 3.8) is 0 Å². The van der Waals surface area contributed by atoms with Gasteiger partial charge in [-0.2, -0.15) is 0 Å². The molecule has 0 aliphatic heterocycles. The van der Waals surface area contributed by atoms with Crippen molar-refractivity contribution in [2.75, 3.05) is 7.05 Å². The van der Waals surface area contributed by atoms with Crippen LogP contribution in [-0.2, 0) is 6.54 Å². The fourth-order valence-corrected chi connectivity index (χ4v) is 2.39. The minimum atomic E-state index is 0.181. The summed E-state index contributed by atoms with van der Waals surface area (Å²) in [6.45, 7) is 7.16. The Kier molecular flexibility index (Phi) is 4.80. The maximum atomic E-state index is 5.92. The van der Waals surface area contributed by atoms with Crippen LogP contribution in [0.2, 0.25) is 0 Å². The summed E-state index contributed by atoms with van der Waals surface area (Å²) in [7, 11) is 1.97. The first-order chi connectivity index (χ1) is 9.61. The SMILES string of the molecule is CNCc1ccc(-c2ccccc2OC(C)C)c(C)c1. The van der Waals surface area contributed by atoms with Crippen molar-refractivity contribution in [3.8, 4) is 16.9 Å². The van der Waals surface area contributed by atoms with Gasteiger partial charge in [0.2, 0.25) is 0 Å². The van der Waals surface area contributed by atoms with Crippen LogP contribution < -0.4 is 10.1 Å². The highest BCUT2D eigenvalue weighted by Crippen LogP contribution is 2.33. The summed E-state index contributed by atoms with van der Waals surface area (Å²) in [6, 6.07) is 14.8. The average Bonchev–Trinajstić information content (AvgIpc) is 2.40. The molecule has 2 aromatic rings. The summed E-state index contributed by atoms with van der Waals surface area (Å²) in [5.74, 6) is 0.951. The predicted octanol–water partition coefficient (Wildman–Crippen LogP) is 4.17. The molecule has 0 amide bonds. The van der Waals surface area contributed by atoms with Crippen LogP contribution in [0, 0.1) is 6.92 Å². The maximum Gasteiger partial charge on any atom is 0.127 e. The van der Waals surface area contributed by atoms with E-state index >= 15 is 0 Å². The van der Waals surface area contributed by atoms with Gasteiger partial charge < -0.3 is 10.1 Å². The molecular weight excluding hydrogens is 246 g/mol. The molecular formula is C18H23NO. The molecule has 0 saturated heterocycles. The smallest absolute Gasteiger partial charge is 0.127 e. The van der Waals surface area contributed by atoms with E-state index in [9.17, 15) is 0 Å². The third-order valence-corrected chi connectivity index (χ3v) is 3.21. The van der Waals surface area contributed by atoms with E-state index < -0.39 is 0 Å². The zero-order valence-electron chi connectivity index (χ0n) is 12.7. The topological polar surface area (TPSA) is 21.3 Å². The van der Waals surface area contributed by atoms with Crippen LogP contribution in [0.25, 0.3) is 11.1 Å². The summed E-state index contributed by atoms with van der Waals surface area (Å²) in [4.78, 5) is 0. The number of rotatable bonds is 5. The molecule has 0 aliphatic rings. The van der Waals surface area contributed by atoms with Gasteiger partial charge in [-0.3, -0.25) is 0 Å². The highest BCUT2D eigenvalue weighted by Gasteiger charge is 2.09. The minimum Gasteiger partial charge on any atom is -0.490 e. The predicted molar refractivity (Wildman–Crippen MR) is 85.1 cm³/mol. The number of aryl methyl sites for hydroxylation is 1. The molecule has 106 valence electrons. The lowest BCUT2D eigenvalue weighted by Gasteiger charge is -2.16. The van der Waals surface area contributed by atoms with Crippen LogP contribution in [0.15, 0.2) is 42.5 Å². The maximum absolute atomic E-state index is 5.92. The van der Waals surface area contributed by atoms with E-state index in [2.05, 4.69) is 56.4 Å². The summed E-state index contributed by atoms with van der Waals surface area (Å²) in [5.41, 5.74) is 4.98. The second-order valence-corrected chi connectivity index (χ2v) is 5.34. The van der Waals surface area contributed by atoms with E-state index in [1.54, 1.807) is 0 Å². The van der Waals surface area contributed by atoms with Gasteiger partial charge in [0.25, 0.3) is 0 Å². The fourth-order valence-electron chi connectivity index (χ4n) is 2.39. The lowest BCUT2D eigenvalue weighted by molar-refractivity contribution is 0.243. The van der Waals surface area contributed by atoms with Crippen LogP contribution in [0.1, 0.15) is 25.0 Å². The number of nitrogens with one attached hydrogen (secondary N) is 1. The molecule has 2 rings (SSSR count). The summed E-state index contributed by atoms with van der Waals surface area (Å²) < 4.78 is 5.92. The summed E-state index contributed by atoms with van der Waals surface area (Å²) in [6.07, 6.45) is 0.181. The number of benzene rings is 2. The summed E-state index contributed by atoms with van der Waals surface area (Å²) in [5, 5.41) is 3.18. The lowest BCUT2D eigenvalue weighted by atomic mass is 9.97. The fraction of sp³-hybridized carbons (Fsp3) is 0.333. The van der Waals surface area contributed by atoms with Crippen LogP contribution in [0.3, 0.4) is 0 Å². The highest BCUT2D eigenvalue weighted by molar-refractivity contribution is 5.73. The Bertz CT molecular complexity index is 575. The minimum absolute atomic E-state index is 0.181. The van der Waals surface area contributed by atoms with Gasteiger partial charge in [-0.25, -0.2) is 0 Å². The van der Waals surface area contributed by atoms with Gasteiger partial charge in [0.05, 0.1) is 6.10 Å². The zero-order valence-corrected chi connectivity index (χ0v) is 12.7. The van der Waals surface area contributed by atoms with Crippen LogP contribution in [-0.4, -0.2) is 13.2 Å². The Hall–Kier alpha value is -1.80. The molecule has 2 heteroatoms. The molecule has 0 radical (unpaired) electrons. The number of hydrogen-bond donors (Lipinski definition) is 1. The third-order valence-electron chi connectivity index (χ3n) is 3.21. The Balaban J connectivity index is 2.41.